The molecule has 0 aromatic carbocycles. The Morgan fingerprint density at radius 3 is 1.72 bits per heavy atom. The molecule has 0 aliphatic carbocycles. The normalized spacial score (nSPS) is 15.0. The van der Waals surface area contributed by atoms with Gasteiger partial charge in [-0.15, -0.1) is 0 Å². The third kappa shape index (κ3) is 14.3. The summed E-state index contributed by atoms with van der Waals surface area (Å²) < 4.78 is 0. The summed E-state index contributed by atoms with van der Waals surface area (Å²) in [5.74, 6) is -0.590. The van der Waals surface area contributed by atoms with E-state index >= 15 is 0 Å². The van der Waals surface area contributed by atoms with Gasteiger partial charge < -0.3 is 15.3 Å². The first-order valence-electron chi connectivity index (χ1n) is 10.5. The number of hydrogen-bond donors (Lipinski definition) is 3. The van der Waals surface area contributed by atoms with Crippen molar-refractivity contribution in [1.82, 2.24) is 0 Å². The topological polar surface area (TPSA) is 77.8 Å². The van der Waals surface area contributed by atoms with Gasteiger partial charge in [0.25, 0.3) is 0 Å². The summed E-state index contributed by atoms with van der Waals surface area (Å²) in [6.07, 6.45) is 16.0. The largest absolute Gasteiger partial charge is 0.481 e. The fraction of sp³-hybridized carbons (Fsp3) is 0.952. The number of aliphatic hydroxyl groups is 2. The summed E-state index contributed by atoms with van der Waals surface area (Å²) >= 11 is 0. The van der Waals surface area contributed by atoms with E-state index < -0.39 is 11.6 Å². The molecule has 0 spiro atoms. The molecule has 0 saturated heterocycles. The monoisotopic (exact) mass is 358 g/mol. The lowest BCUT2D eigenvalue weighted by Crippen LogP contribution is -2.38. The number of aliphatic carboxylic acids is 1. The molecule has 3 N–H and O–H groups in total. The lowest BCUT2D eigenvalue weighted by molar-refractivity contribution is -0.137. The molecular formula is C21H42O4. The Labute approximate surface area is 155 Å². The Hall–Kier alpha value is -0.610. The fourth-order valence-electron chi connectivity index (χ4n) is 3.44. The average Bonchev–Trinajstić information content (AvgIpc) is 2.57. The molecule has 0 amide bonds. The minimum absolute atomic E-state index is 0.136. The number of aliphatic hydroxyl groups excluding tert-OH is 1. The van der Waals surface area contributed by atoms with E-state index in [0.29, 0.717) is 0 Å². The molecule has 0 heterocycles. The van der Waals surface area contributed by atoms with Crippen LogP contribution in [-0.2, 0) is 4.79 Å². The minimum atomic E-state index is -0.998. The van der Waals surface area contributed by atoms with Crippen molar-refractivity contribution in [3.8, 4) is 0 Å². The van der Waals surface area contributed by atoms with Crippen molar-refractivity contribution < 1.29 is 20.1 Å². The smallest absolute Gasteiger partial charge is 0.303 e. The zero-order chi connectivity index (χ0) is 19.0. The number of unbranched alkanes of at least 4 members (excludes halogenated alkanes) is 10. The summed E-state index contributed by atoms with van der Waals surface area (Å²) in [7, 11) is 0. The number of hydrogen-bond acceptors (Lipinski definition) is 3. The second-order valence-electron chi connectivity index (χ2n) is 7.82. The van der Waals surface area contributed by atoms with Gasteiger partial charge in [-0.25, -0.2) is 0 Å². The SMILES string of the molecule is CCCCCCCCCCC(CCCCCCC(=O)O)C(C)(O)CO. The van der Waals surface area contributed by atoms with E-state index in [2.05, 4.69) is 6.92 Å². The van der Waals surface area contributed by atoms with Crippen molar-refractivity contribution in [1.29, 1.82) is 0 Å². The molecule has 0 radical (unpaired) electrons. The highest BCUT2D eigenvalue weighted by atomic mass is 16.4. The predicted molar refractivity (Wildman–Crippen MR) is 104 cm³/mol. The van der Waals surface area contributed by atoms with Crippen LogP contribution in [-0.4, -0.2) is 33.5 Å². The molecule has 0 bridgehead atoms. The first-order chi connectivity index (χ1) is 11.9. The van der Waals surface area contributed by atoms with E-state index in [4.69, 9.17) is 5.11 Å². The first kappa shape index (κ1) is 24.4. The van der Waals surface area contributed by atoms with E-state index in [1.54, 1.807) is 6.92 Å². The zero-order valence-electron chi connectivity index (χ0n) is 16.6. The highest BCUT2D eigenvalue weighted by Crippen LogP contribution is 2.28. The van der Waals surface area contributed by atoms with Crippen LogP contribution in [0.1, 0.15) is 110 Å². The maximum Gasteiger partial charge on any atom is 0.303 e. The van der Waals surface area contributed by atoms with E-state index in [1.165, 1.54) is 44.9 Å². The van der Waals surface area contributed by atoms with Crippen LogP contribution in [0, 0.1) is 5.92 Å². The van der Waals surface area contributed by atoms with Crippen LogP contribution in [0.4, 0.5) is 0 Å². The van der Waals surface area contributed by atoms with Gasteiger partial charge in [0.1, 0.15) is 0 Å². The summed E-state index contributed by atoms with van der Waals surface area (Å²) in [5.41, 5.74) is -0.998. The summed E-state index contributed by atoms with van der Waals surface area (Å²) in [6, 6.07) is 0. The van der Waals surface area contributed by atoms with Crippen LogP contribution in [0.2, 0.25) is 0 Å². The molecule has 0 aliphatic heterocycles. The average molecular weight is 359 g/mol. The molecule has 4 nitrogen and oxygen atoms in total. The molecule has 150 valence electrons. The van der Waals surface area contributed by atoms with Gasteiger partial charge in [-0.05, 0) is 32.1 Å². The minimum Gasteiger partial charge on any atom is -0.481 e. The lowest BCUT2D eigenvalue weighted by atomic mass is 9.81. The van der Waals surface area contributed by atoms with Gasteiger partial charge in [-0.2, -0.15) is 0 Å². The lowest BCUT2D eigenvalue weighted by Gasteiger charge is -2.31. The van der Waals surface area contributed by atoms with E-state index in [0.717, 1.165) is 44.9 Å². The van der Waals surface area contributed by atoms with Gasteiger partial charge in [0.15, 0.2) is 0 Å². The van der Waals surface area contributed by atoms with Gasteiger partial charge in [0.2, 0.25) is 0 Å². The van der Waals surface area contributed by atoms with E-state index in [-0.39, 0.29) is 18.9 Å². The van der Waals surface area contributed by atoms with Gasteiger partial charge in [-0.1, -0.05) is 77.6 Å². The van der Waals surface area contributed by atoms with Crippen LogP contribution in [0.25, 0.3) is 0 Å². The third-order valence-corrected chi connectivity index (χ3v) is 5.30. The molecule has 0 aromatic heterocycles. The van der Waals surface area contributed by atoms with Crippen LogP contribution >= 0.6 is 0 Å². The highest BCUT2D eigenvalue weighted by Gasteiger charge is 2.30. The number of carboxylic acid groups (broad SMARTS) is 1. The Kier molecular flexibility index (Phi) is 15.2. The predicted octanol–water partition coefficient (Wildman–Crippen LogP) is 5.30. The first-order valence-corrected chi connectivity index (χ1v) is 10.5. The van der Waals surface area contributed by atoms with Gasteiger partial charge in [-0.3, -0.25) is 4.79 Å². The Morgan fingerprint density at radius 1 is 0.840 bits per heavy atom. The quantitative estimate of drug-likeness (QED) is 0.290. The van der Waals surface area contributed by atoms with Crippen molar-refractivity contribution in [3.05, 3.63) is 0 Å². The van der Waals surface area contributed by atoms with Crippen LogP contribution in [0.5, 0.6) is 0 Å². The van der Waals surface area contributed by atoms with Gasteiger partial charge in [0.05, 0.1) is 12.2 Å². The fourth-order valence-corrected chi connectivity index (χ4v) is 3.44. The van der Waals surface area contributed by atoms with Crippen molar-refractivity contribution in [2.24, 2.45) is 5.92 Å². The molecular weight excluding hydrogens is 316 g/mol. The zero-order valence-corrected chi connectivity index (χ0v) is 16.6. The maximum atomic E-state index is 10.5. The third-order valence-electron chi connectivity index (χ3n) is 5.30. The van der Waals surface area contributed by atoms with Crippen LogP contribution in [0.15, 0.2) is 0 Å². The van der Waals surface area contributed by atoms with Crippen molar-refractivity contribution in [3.63, 3.8) is 0 Å². The second kappa shape index (κ2) is 15.6. The summed E-state index contributed by atoms with van der Waals surface area (Å²) in [6.45, 7) is 3.79. The maximum absolute atomic E-state index is 10.5. The molecule has 0 aliphatic rings. The molecule has 4 heteroatoms. The highest BCUT2D eigenvalue weighted by molar-refractivity contribution is 5.66. The molecule has 0 aromatic rings. The molecule has 0 fully saturated rings. The molecule has 0 rings (SSSR count). The Bertz CT molecular complexity index is 315. The van der Waals surface area contributed by atoms with E-state index in [9.17, 15) is 15.0 Å². The Balaban J connectivity index is 3.89. The molecule has 2 unspecified atom stereocenters. The molecule has 0 saturated carbocycles. The number of carboxylic acids is 1. The Morgan fingerprint density at radius 2 is 1.28 bits per heavy atom. The van der Waals surface area contributed by atoms with E-state index in [1.807, 2.05) is 0 Å². The second-order valence-corrected chi connectivity index (χ2v) is 7.82. The summed E-state index contributed by atoms with van der Waals surface area (Å²) in [5, 5.41) is 28.5. The van der Waals surface area contributed by atoms with Crippen molar-refractivity contribution in [2.75, 3.05) is 6.61 Å². The van der Waals surface area contributed by atoms with Gasteiger partial charge >= 0.3 is 5.97 Å². The molecule has 2 atom stereocenters. The van der Waals surface area contributed by atoms with Gasteiger partial charge in [0, 0.05) is 6.42 Å². The number of rotatable bonds is 18. The van der Waals surface area contributed by atoms with Crippen LogP contribution in [0.3, 0.4) is 0 Å². The summed E-state index contributed by atoms with van der Waals surface area (Å²) in [4.78, 5) is 10.5. The van der Waals surface area contributed by atoms with Crippen molar-refractivity contribution in [2.45, 2.75) is 116 Å². The van der Waals surface area contributed by atoms with Crippen molar-refractivity contribution >= 4 is 5.97 Å². The van der Waals surface area contributed by atoms with Crippen LogP contribution < -0.4 is 0 Å². The molecule has 25 heavy (non-hydrogen) atoms. The standard InChI is InChI=1S/C21H42O4/c1-3-4-5-6-7-8-9-12-15-19(21(2,25)18-22)16-13-10-11-14-17-20(23)24/h19,22,25H,3-18H2,1-2H3,(H,23,24). The number of carbonyl (C=O) groups is 1.